The highest BCUT2D eigenvalue weighted by molar-refractivity contribution is 5.89. The highest BCUT2D eigenvalue weighted by Crippen LogP contribution is 2.24. The van der Waals surface area contributed by atoms with Crippen LogP contribution in [0, 0.1) is 0 Å². The van der Waals surface area contributed by atoms with Gasteiger partial charge in [-0.1, -0.05) is 0 Å². The Morgan fingerprint density at radius 2 is 1.81 bits per heavy atom. The number of hydrogen-bond donors (Lipinski definition) is 1. The second-order valence-corrected chi connectivity index (χ2v) is 4.30. The van der Waals surface area contributed by atoms with E-state index in [0.717, 1.165) is 11.4 Å². The van der Waals surface area contributed by atoms with Gasteiger partial charge in [0.2, 0.25) is 0 Å². The lowest BCUT2D eigenvalue weighted by molar-refractivity contribution is 0.0593. The number of pyridine rings is 1. The zero-order valence-corrected chi connectivity index (χ0v) is 11.6. The number of esters is 1. The fourth-order valence-corrected chi connectivity index (χ4v) is 1.82. The van der Waals surface area contributed by atoms with Crippen LogP contribution in [0.15, 0.2) is 42.6 Å². The highest BCUT2D eigenvalue weighted by atomic mass is 16.5. The Bertz CT molecular complexity index is 668. The number of carboxylic acid groups (broad SMARTS) is 1. The third-order valence-corrected chi connectivity index (χ3v) is 3.03. The topological polar surface area (TPSA) is 79.7 Å². The molecule has 21 heavy (non-hydrogen) atoms. The number of nitrogens with zero attached hydrogens (tertiary/aromatic N) is 2. The first-order valence-corrected chi connectivity index (χ1v) is 6.14. The molecule has 0 aliphatic heterocycles. The number of methoxy groups -OCH3 is 1. The molecule has 0 amide bonds. The van der Waals surface area contributed by atoms with Crippen molar-refractivity contribution in [2.75, 3.05) is 19.1 Å². The van der Waals surface area contributed by atoms with Gasteiger partial charge in [-0.2, -0.15) is 0 Å². The molecule has 2 rings (SSSR count). The average Bonchev–Trinajstić information content (AvgIpc) is 2.53. The van der Waals surface area contributed by atoms with Crippen LogP contribution in [0.1, 0.15) is 20.8 Å². The third kappa shape index (κ3) is 3.17. The fourth-order valence-electron chi connectivity index (χ4n) is 1.82. The monoisotopic (exact) mass is 286 g/mol. The number of aromatic carboxylic acids is 1. The van der Waals surface area contributed by atoms with Gasteiger partial charge in [-0.05, 0) is 36.4 Å². The summed E-state index contributed by atoms with van der Waals surface area (Å²) in [5.41, 5.74) is 1.97. The van der Waals surface area contributed by atoms with Crippen LogP contribution in [0.4, 0.5) is 11.4 Å². The van der Waals surface area contributed by atoms with Crippen LogP contribution < -0.4 is 4.90 Å². The molecule has 0 saturated heterocycles. The summed E-state index contributed by atoms with van der Waals surface area (Å²) in [4.78, 5) is 28.1. The standard InChI is InChI=1S/C15H14N2O4/c1-17(11-5-3-10(4-6-11)14(18)19)12-7-8-16-13(9-12)15(20)21-2/h3-9H,1-2H3,(H,18,19). The normalized spacial score (nSPS) is 10.0. The highest BCUT2D eigenvalue weighted by Gasteiger charge is 2.11. The number of carboxylic acids is 1. The van der Waals surface area contributed by atoms with E-state index in [1.165, 1.54) is 25.4 Å². The van der Waals surface area contributed by atoms with Crippen LogP contribution in [0.2, 0.25) is 0 Å². The van der Waals surface area contributed by atoms with E-state index in [1.807, 2.05) is 11.9 Å². The summed E-state index contributed by atoms with van der Waals surface area (Å²) in [6, 6.07) is 9.80. The van der Waals surface area contributed by atoms with Crippen LogP contribution in [0.25, 0.3) is 0 Å². The minimum absolute atomic E-state index is 0.212. The van der Waals surface area contributed by atoms with Gasteiger partial charge >= 0.3 is 11.9 Å². The Morgan fingerprint density at radius 1 is 1.14 bits per heavy atom. The molecule has 2 aromatic rings. The molecule has 0 bridgehead atoms. The Kier molecular flexibility index (Phi) is 4.18. The number of carbonyl (C=O) groups is 2. The maximum Gasteiger partial charge on any atom is 0.356 e. The zero-order valence-electron chi connectivity index (χ0n) is 11.6. The lowest BCUT2D eigenvalue weighted by Gasteiger charge is -2.19. The molecule has 0 aliphatic carbocycles. The van der Waals surface area contributed by atoms with Gasteiger partial charge in [0.15, 0.2) is 0 Å². The summed E-state index contributed by atoms with van der Waals surface area (Å²) in [7, 11) is 3.11. The predicted octanol–water partition coefficient (Wildman–Crippen LogP) is 2.33. The molecule has 0 spiro atoms. The molecule has 1 heterocycles. The number of carbonyl (C=O) groups excluding carboxylic acids is 1. The summed E-state index contributed by atoms with van der Waals surface area (Å²) < 4.78 is 4.63. The second-order valence-electron chi connectivity index (χ2n) is 4.30. The smallest absolute Gasteiger partial charge is 0.356 e. The lowest BCUT2D eigenvalue weighted by Crippen LogP contribution is -2.12. The first kappa shape index (κ1) is 14.5. The van der Waals surface area contributed by atoms with Crippen LogP contribution in [-0.2, 0) is 4.74 Å². The van der Waals surface area contributed by atoms with Crippen molar-refractivity contribution in [1.29, 1.82) is 0 Å². The van der Waals surface area contributed by atoms with Gasteiger partial charge in [0, 0.05) is 24.6 Å². The quantitative estimate of drug-likeness (QED) is 0.869. The summed E-state index contributed by atoms with van der Waals surface area (Å²) in [6.45, 7) is 0. The molecule has 0 saturated carbocycles. The second kappa shape index (κ2) is 6.04. The van der Waals surface area contributed by atoms with E-state index in [1.54, 1.807) is 24.3 Å². The maximum atomic E-state index is 11.5. The van der Waals surface area contributed by atoms with E-state index in [0.29, 0.717) is 0 Å². The minimum atomic E-state index is -0.971. The SMILES string of the molecule is COC(=O)c1cc(N(C)c2ccc(C(=O)O)cc2)ccn1. The fraction of sp³-hybridized carbons (Fsp3) is 0.133. The van der Waals surface area contributed by atoms with E-state index in [4.69, 9.17) is 5.11 Å². The van der Waals surface area contributed by atoms with E-state index in [9.17, 15) is 9.59 Å². The molecule has 0 radical (unpaired) electrons. The van der Waals surface area contributed by atoms with Crippen LogP contribution >= 0.6 is 0 Å². The van der Waals surface area contributed by atoms with Gasteiger partial charge < -0.3 is 14.7 Å². The van der Waals surface area contributed by atoms with Gasteiger partial charge in [-0.25, -0.2) is 14.6 Å². The van der Waals surface area contributed by atoms with Gasteiger partial charge in [-0.3, -0.25) is 0 Å². The predicted molar refractivity (Wildman–Crippen MR) is 77.0 cm³/mol. The molecule has 1 aromatic carbocycles. The van der Waals surface area contributed by atoms with Gasteiger partial charge in [0.05, 0.1) is 12.7 Å². The maximum absolute atomic E-state index is 11.5. The Labute approximate surface area is 121 Å². The van der Waals surface area contributed by atoms with Crippen molar-refractivity contribution in [1.82, 2.24) is 4.98 Å². The molecule has 0 aliphatic rings. The van der Waals surface area contributed by atoms with E-state index >= 15 is 0 Å². The van der Waals surface area contributed by atoms with Crippen molar-refractivity contribution < 1.29 is 19.4 Å². The number of anilines is 2. The Balaban J connectivity index is 2.29. The third-order valence-electron chi connectivity index (χ3n) is 3.03. The average molecular weight is 286 g/mol. The molecular formula is C15H14N2O4. The molecule has 6 nitrogen and oxygen atoms in total. The molecular weight excluding hydrogens is 272 g/mol. The molecule has 0 unspecified atom stereocenters. The summed E-state index contributed by atoms with van der Waals surface area (Å²) in [6.07, 6.45) is 1.52. The molecule has 0 fully saturated rings. The molecule has 6 heteroatoms. The van der Waals surface area contributed by atoms with Crippen molar-refractivity contribution in [2.45, 2.75) is 0 Å². The zero-order chi connectivity index (χ0) is 15.4. The minimum Gasteiger partial charge on any atom is -0.478 e. The van der Waals surface area contributed by atoms with Crippen LogP contribution in [0.5, 0.6) is 0 Å². The number of rotatable bonds is 4. The van der Waals surface area contributed by atoms with Crippen molar-refractivity contribution in [2.24, 2.45) is 0 Å². The van der Waals surface area contributed by atoms with E-state index < -0.39 is 11.9 Å². The lowest BCUT2D eigenvalue weighted by atomic mass is 10.2. The molecule has 1 N–H and O–H groups in total. The van der Waals surface area contributed by atoms with Gasteiger partial charge in [0.25, 0.3) is 0 Å². The number of hydrogen-bond acceptors (Lipinski definition) is 5. The number of aromatic nitrogens is 1. The van der Waals surface area contributed by atoms with Crippen molar-refractivity contribution in [3.8, 4) is 0 Å². The largest absolute Gasteiger partial charge is 0.478 e. The Morgan fingerprint density at radius 3 is 2.38 bits per heavy atom. The van der Waals surface area contributed by atoms with E-state index in [-0.39, 0.29) is 11.3 Å². The molecule has 108 valence electrons. The van der Waals surface area contributed by atoms with Crippen LogP contribution in [0.3, 0.4) is 0 Å². The summed E-state index contributed by atoms with van der Waals surface area (Å²) >= 11 is 0. The van der Waals surface area contributed by atoms with Gasteiger partial charge in [0.1, 0.15) is 5.69 Å². The number of ether oxygens (including phenoxy) is 1. The van der Waals surface area contributed by atoms with Crippen molar-refractivity contribution in [3.05, 3.63) is 53.9 Å². The molecule has 0 atom stereocenters. The van der Waals surface area contributed by atoms with Crippen molar-refractivity contribution >= 4 is 23.3 Å². The van der Waals surface area contributed by atoms with Crippen molar-refractivity contribution in [3.63, 3.8) is 0 Å². The summed E-state index contributed by atoms with van der Waals surface area (Å²) in [5.74, 6) is -1.48. The van der Waals surface area contributed by atoms with Gasteiger partial charge in [-0.15, -0.1) is 0 Å². The first-order chi connectivity index (χ1) is 10.0. The molecule has 1 aromatic heterocycles. The number of benzene rings is 1. The first-order valence-electron chi connectivity index (χ1n) is 6.14. The Hall–Kier alpha value is -2.89. The van der Waals surface area contributed by atoms with Crippen LogP contribution in [-0.4, -0.2) is 36.2 Å². The summed E-state index contributed by atoms with van der Waals surface area (Å²) in [5, 5.41) is 8.88. The van der Waals surface area contributed by atoms with E-state index in [2.05, 4.69) is 9.72 Å².